The summed E-state index contributed by atoms with van der Waals surface area (Å²) in [6.07, 6.45) is -3.75. The highest BCUT2D eigenvalue weighted by Crippen LogP contribution is 2.29. The van der Waals surface area contributed by atoms with Crippen LogP contribution >= 0.6 is 0 Å². The summed E-state index contributed by atoms with van der Waals surface area (Å²) in [5.41, 5.74) is 1.85. The number of nitrogens with one attached hydrogen (secondary N) is 4. The van der Waals surface area contributed by atoms with Crippen LogP contribution in [0.5, 0.6) is 0 Å². The number of alkyl halides is 3. The Morgan fingerprint density at radius 2 is 1.58 bits per heavy atom. The molecule has 0 heterocycles. The van der Waals surface area contributed by atoms with Gasteiger partial charge in [0.2, 0.25) is 0 Å². The zero-order valence-electron chi connectivity index (χ0n) is 17.8. The molecular formula is C22H28F3N5O. The quantitative estimate of drug-likeness (QED) is 0.390. The Labute approximate surface area is 180 Å². The van der Waals surface area contributed by atoms with Crippen LogP contribution in [0.3, 0.4) is 0 Å². The minimum atomic E-state index is -4.32. The third kappa shape index (κ3) is 8.57. The first-order valence-electron chi connectivity index (χ1n) is 9.94. The largest absolute Gasteiger partial charge is 0.416 e. The average molecular weight is 435 g/mol. The number of carbonyl (C=O) groups is 1. The molecule has 0 saturated carbocycles. The monoisotopic (exact) mass is 435 g/mol. The standard InChI is InChI=1S/C22H28F3N5O/c1-15(2)29-21(31)30-19-10-6-17(7-11-19)14-28-20(26-3)27-13-12-16-4-8-18(9-5-16)22(23,24)25/h4-11,15H,12-14H2,1-3H3,(H2,26,27,28)(H2,29,30,31). The minimum absolute atomic E-state index is 0.0574. The second kappa shape index (κ2) is 11.2. The maximum absolute atomic E-state index is 12.6. The third-order valence-electron chi connectivity index (χ3n) is 4.30. The van der Waals surface area contributed by atoms with Crippen molar-refractivity contribution >= 4 is 17.7 Å². The number of amides is 2. The second-order valence-electron chi connectivity index (χ2n) is 7.25. The van der Waals surface area contributed by atoms with E-state index in [0.717, 1.165) is 23.3 Å². The Hall–Kier alpha value is -3.23. The van der Waals surface area contributed by atoms with Crippen LogP contribution < -0.4 is 21.3 Å². The molecule has 0 atom stereocenters. The number of hydrogen-bond acceptors (Lipinski definition) is 2. The van der Waals surface area contributed by atoms with E-state index in [1.165, 1.54) is 12.1 Å². The normalized spacial score (nSPS) is 11.9. The molecule has 31 heavy (non-hydrogen) atoms. The molecule has 6 nitrogen and oxygen atoms in total. The number of carbonyl (C=O) groups excluding carboxylic acids is 1. The first-order valence-corrected chi connectivity index (χ1v) is 9.94. The van der Waals surface area contributed by atoms with Crippen LogP contribution in [0, 0.1) is 0 Å². The summed E-state index contributed by atoms with van der Waals surface area (Å²) >= 11 is 0. The maximum Gasteiger partial charge on any atom is 0.416 e. The SMILES string of the molecule is CN=C(NCCc1ccc(C(F)(F)F)cc1)NCc1ccc(NC(=O)NC(C)C)cc1. The molecule has 2 amide bonds. The van der Waals surface area contributed by atoms with Crippen LogP contribution in [0.25, 0.3) is 0 Å². The van der Waals surface area contributed by atoms with Gasteiger partial charge in [0.05, 0.1) is 5.56 Å². The highest BCUT2D eigenvalue weighted by Gasteiger charge is 2.29. The number of benzene rings is 2. The third-order valence-corrected chi connectivity index (χ3v) is 4.30. The number of urea groups is 1. The van der Waals surface area contributed by atoms with Crippen molar-refractivity contribution in [2.75, 3.05) is 18.9 Å². The number of halogens is 3. The predicted molar refractivity (Wildman–Crippen MR) is 117 cm³/mol. The van der Waals surface area contributed by atoms with Crippen molar-refractivity contribution in [3.05, 3.63) is 65.2 Å². The molecule has 9 heteroatoms. The summed E-state index contributed by atoms with van der Waals surface area (Å²) in [5.74, 6) is 0.588. The summed E-state index contributed by atoms with van der Waals surface area (Å²) in [6.45, 7) is 4.83. The van der Waals surface area contributed by atoms with E-state index in [2.05, 4.69) is 26.3 Å². The first-order chi connectivity index (χ1) is 14.7. The van der Waals surface area contributed by atoms with Gasteiger partial charge >= 0.3 is 12.2 Å². The molecule has 0 unspecified atom stereocenters. The van der Waals surface area contributed by atoms with Gasteiger partial charge in [0.15, 0.2) is 5.96 Å². The summed E-state index contributed by atoms with van der Waals surface area (Å²) in [7, 11) is 1.65. The van der Waals surface area contributed by atoms with Gasteiger partial charge in [-0.1, -0.05) is 24.3 Å². The van der Waals surface area contributed by atoms with Gasteiger partial charge in [-0.25, -0.2) is 4.79 Å². The van der Waals surface area contributed by atoms with Crippen LogP contribution in [0.2, 0.25) is 0 Å². The van der Waals surface area contributed by atoms with Gasteiger partial charge in [-0.2, -0.15) is 13.2 Å². The molecule has 0 radical (unpaired) electrons. The molecule has 0 spiro atoms. The van der Waals surface area contributed by atoms with Crippen molar-refractivity contribution in [2.24, 2.45) is 4.99 Å². The fourth-order valence-corrected chi connectivity index (χ4v) is 2.73. The lowest BCUT2D eigenvalue weighted by Gasteiger charge is -2.13. The molecule has 4 N–H and O–H groups in total. The average Bonchev–Trinajstić information content (AvgIpc) is 2.70. The van der Waals surface area contributed by atoms with Gasteiger partial charge in [0.25, 0.3) is 0 Å². The molecule has 0 aliphatic rings. The van der Waals surface area contributed by atoms with Crippen molar-refractivity contribution < 1.29 is 18.0 Å². The Morgan fingerprint density at radius 3 is 2.13 bits per heavy atom. The van der Waals surface area contributed by atoms with Crippen LogP contribution in [-0.2, 0) is 19.1 Å². The van der Waals surface area contributed by atoms with Gasteiger partial charge in [-0.05, 0) is 55.7 Å². The number of rotatable bonds is 7. The molecule has 0 bridgehead atoms. The predicted octanol–water partition coefficient (Wildman–Crippen LogP) is 4.14. The van der Waals surface area contributed by atoms with Crippen LogP contribution in [0.4, 0.5) is 23.7 Å². The Balaban J connectivity index is 1.76. The van der Waals surface area contributed by atoms with E-state index in [9.17, 15) is 18.0 Å². The highest BCUT2D eigenvalue weighted by molar-refractivity contribution is 5.89. The summed E-state index contributed by atoms with van der Waals surface area (Å²) in [6, 6.07) is 12.4. The van der Waals surface area contributed by atoms with E-state index in [0.29, 0.717) is 31.2 Å². The van der Waals surface area contributed by atoms with Crippen LogP contribution in [0.15, 0.2) is 53.5 Å². The highest BCUT2D eigenvalue weighted by atomic mass is 19.4. The molecule has 0 saturated heterocycles. The van der Waals surface area contributed by atoms with E-state index in [-0.39, 0.29) is 12.1 Å². The molecular weight excluding hydrogens is 407 g/mol. The maximum atomic E-state index is 12.6. The van der Waals surface area contributed by atoms with Crippen molar-refractivity contribution in [3.8, 4) is 0 Å². The number of nitrogens with zero attached hydrogens (tertiary/aromatic N) is 1. The van der Waals surface area contributed by atoms with Gasteiger partial charge in [-0.15, -0.1) is 0 Å². The fourth-order valence-electron chi connectivity index (χ4n) is 2.73. The van der Waals surface area contributed by atoms with Crippen molar-refractivity contribution in [2.45, 2.75) is 39.0 Å². The Kier molecular flexibility index (Phi) is 8.72. The smallest absolute Gasteiger partial charge is 0.356 e. The molecule has 168 valence electrons. The molecule has 2 aromatic rings. The van der Waals surface area contributed by atoms with Crippen molar-refractivity contribution in [1.29, 1.82) is 0 Å². The zero-order valence-corrected chi connectivity index (χ0v) is 17.8. The molecule has 0 aliphatic carbocycles. The molecule has 0 aromatic heterocycles. The number of guanidine groups is 1. The van der Waals surface area contributed by atoms with Crippen molar-refractivity contribution in [3.63, 3.8) is 0 Å². The van der Waals surface area contributed by atoms with Gasteiger partial charge < -0.3 is 21.3 Å². The fraction of sp³-hybridized carbons (Fsp3) is 0.364. The summed E-state index contributed by atoms with van der Waals surface area (Å²) in [4.78, 5) is 15.9. The number of anilines is 1. The lowest BCUT2D eigenvalue weighted by atomic mass is 10.1. The van der Waals surface area contributed by atoms with Gasteiger partial charge in [0, 0.05) is 31.9 Å². The Morgan fingerprint density at radius 1 is 0.968 bits per heavy atom. The topological polar surface area (TPSA) is 77.6 Å². The van der Waals surface area contributed by atoms with E-state index in [4.69, 9.17) is 0 Å². The number of hydrogen-bond donors (Lipinski definition) is 4. The number of aliphatic imine (C=N–C) groups is 1. The van der Waals surface area contributed by atoms with Crippen molar-refractivity contribution in [1.82, 2.24) is 16.0 Å². The van der Waals surface area contributed by atoms with Crippen LogP contribution in [-0.4, -0.2) is 31.6 Å². The summed E-state index contributed by atoms with van der Waals surface area (Å²) in [5, 5.41) is 11.8. The molecule has 0 fully saturated rings. The van der Waals surface area contributed by atoms with E-state index in [1.54, 1.807) is 7.05 Å². The molecule has 2 aromatic carbocycles. The zero-order chi connectivity index (χ0) is 22.9. The lowest BCUT2D eigenvalue weighted by Crippen LogP contribution is -2.37. The van der Waals surface area contributed by atoms with E-state index >= 15 is 0 Å². The first kappa shape index (κ1) is 24.0. The van der Waals surface area contributed by atoms with E-state index < -0.39 is 11.7 Å². The lowest BCUT2D eigenvalue weighted by molar-refractivity contribution is -0.137. The second-order valence-corrected chi connectivity index (χ2v) is 7.25. The van der Waals surface area contributed by atoms with Gasteiger partial charge in [0.1, 0.15) is 0 Å². The molecule has 0 aliphatic heterocycles. The molecule has 2 rings (SSSR count). The Bertz CT molecular complexity index is 862. The van der Waals surface area contributed by atoms with Gasteiger partial charge in [-0.3, -0.25) is 4.99 Å². The minimum Gasteiger partial charge on any atom is -0.356 e. The van der Waals surface area contributed by atoms with Crippen LogP contribution in [0.1, 0.15) is 30.5 Å². The summed E-state index contributed by atoms with van der Waals surface area (Å²) < 4.78 is 37.8. The van der Waals surface area contributed by atoms with E-state index in [1.807, 2.05) is 38.1 Å².